The van der Waals surface area contributed by atoms with Crippen LogP contribution in [-0.4, -0.2) is 11.7 Å². The van der Waals surface area contributed by atoms with E-state index < -0.39 is 0 Å². The van der Waals surface area contributed by atoms with Gasteiger partial charge < -0.3 is 5.32 Å². The van der Waals surface area contributed by atoms with Gasteiger partial charge in [0.05, 0.1) is 10.6 Å². The van der Waals surface area contributed by atoms with Crippen molar-refractivity contribution < 1.29 is 9.59 Å². The number of amides is 1. The number of hydrogen-bond acceptors (Lipinski definition) is 4. The topological polar surface area (TPSA) is 46.2 Å². The molecule has 0 saturated carbocycles. The lowest BCUT2D eigenvalue weighted by Gasteiger charge is -2.10. The first kappa shape index (κ1) is 29.9. The minimum absolute atomic E-state index is 0.00140. The summed E-state index contributed by atoms with van der Waals surface area (Å²) in [4.78, 5) is 29.0. The lowest BCUT2D eigenvalue weighted by atomic mass is 10.0. The van der Waals surface area contributed by atoms with Gasteiger partial charge in [0.25, 0.3) is 0 Å². The van der Waals surface area contributed by atoms with Crippen LogP contribution in [0.2, 0.25) is 0 Å². The van der Waals surface area contributed by atoms with E-state index in [4.69, 9.17) is 0 Å². The summed E-state index contributed by atoms with van der Waals surface area (Å²) in [6, 6.07) is 47.8. The fraction of sp³-hybridized carbons (Fsp3) is 0. The Balaban J connectivity index is 1.39. The predicted octanol–water partition coefficient (Wildman–Crippen LogP) is 9.80. The van der Waals surface area contributed by atoms with Crippen molar-refractivity contribution in [3.8, 4) is 0 Å². The molecule has 5 heteroatoms. The third-order valence-corrected chi connectivity index (χ3v) is 9.86. The second-order valence-electron chi connectivity index (χ2n) is 10.7. The standard InChI is InChI=1S/C42H27NO2S2/c44-40-28-23-35(43-40)41(31-17-9-3-10-18-31)38-26-24-36(46-38)33(29-13-5-1-6-14-29)21-22-34(30-15-7-2-8-16-30)37-25-27-39(47-37)42(45)32-19-11-4-12-20-32/h1-20,23-28H,(H,43,44)/b34-33?,41-35-. The molecule has 2 aromatic heterocycles. The number of benzene rings is 4. The fourth-order valence-electron chi connectivity index (χ4n) is 5.38. The van der Waals surface area contributed by atoms with Crippen LogP contribution in [0.4, 0.5) is 0 Å². The first-order valence-electron chi connectivity index (χ1n) is 15.1. The zero-order valence-electron chi connectivity index (χ0n) is 25.1. The third kappa shape index (κ3) is 6.61. The van der Waals surface area contributed by atoms with E-state index in [0.717, 1.165) is 53.7 Å². The van der Waals surface area contributed by atoms with Gasteiger partial charge in [-0.25, -0.2) is 0 Å². The van der Waals surface area contributed by atoms with E-state index >= 15 is 0 Å². The number of allylic oxidation sites excluding steroid dienone is 1. The Labute approximate surface area is 281 Å². The molecule has 0 unspecified atom stereocenters. The largest absolute Gasteiger partial charge is 0.322 e. The Hall–Kier alpha value is -5.80. The molecule has 1 N–H and O–H groups in total. The van der Waals surface area contributed by atoms with Gasteiger partial charge in [-0.1, -0.05) is 133 Å². The van der Waals surface area contributed by atoms with Crippen LogP contribution in [0.15, 0.2) is 175 Å². The molecule has 6 aromatic rings. The smallest absolute Gasteiger partial charge is 0.248 e. The van der Waals surface area contributed by atoms with E-state index in [0.29, 0.717) is 10.4 Å². The highest BCUT2D eigenvalue weighted by Crippen LogP contribution is 2.37. The summed E-state index contributed by atoms with van der Waals surface area (Å²) in [6.45, 7) is 0. The van der Waals surface area contributed by atoms with Crippen LogP contribution in [0.3, 0.4) is 0 Å². The average molecular weight is 642 g/mol. The van der Waals surface area contributed by atoms with E-state index in [9.17, 15) is 9.59 Å². The van der Waals surface area contributed by atoms with Crippen molar-refractivity contribution in [3.63, 3.8) is 0 Å². The lowest BCUT2D eigenvalue weighted by molar-refractivity contribution is -0.115. The molecule has 4 aromatic carbocycles. The molecule has 1 aliphatic heterocycles. The Morgan fingerprint density at radius 2 is 0.894 bits per heavy atom. The minimum atomic E-state index is -0.126. The maximum absolute atomic E-state index is 13.3. The summed E-state index contributed by atoms with van der Waals surface area (Å²) >= 11 is 3.10. The summed E-state index contributed by atoms with van der Waals surface area (Å²) in [5, 5.41) is 2.99. The summed E-state index contributed by atoms with van der Waals surface area (Å²) in [5.74, 6) is -0.125. The molecule has 7 rings (SSSR count). The maximum atomic E-state index is 13.3. The number of rotatable bonds is 8. The van der Waals surface area contributed by atoms with Crippen molar-refractivity contribution in [2.24, 2.45) is 0 Å². The lowest BCUT2D eigenvalue weighted by Crippen LogP contribution is -2.14. The Kier molecular flexibility index (Phi) is 8.70. The minimum Gasteiger partial charge on any atom is -0.322 e. The van der Waals surface area contributed by atoms with Crippen LogP contribution < -0.4 is 5.32 Å². The van der Waals surface area contributed by atoms with Gasteiger partial charge in [-0.3, -0.25) is 9.59 Å². The maximum Gasteiger partial charge on any atom is 0.248 e. The van der Waals surface area contributed by atoms with Crippen LogP contribution in [0.1, 0.15) is 46.6 Å². The molecule has 3 heterocycles. The zero-order valence-corrected chi connectivity index (χ0v) is 26.8. The molecule has 0 aliphatic carbocycles. The molecule has 3 nitrogen and oxygen atoms in total. The molecule has 0 radical (unpaired) electrons. The Bertz CT molecular complexity index is 2240. The normalized spacial score (nSPS) is 13.0. The molecular formula is C42H27NO2S2. The quantitative estimate of drug-likeness (QED) is 0.133. The van der Waals surface area contributed by atoms with Gasteiger partial charge >= 0.3 is 0 Å². The monoisotopic (exact) mass is 641 g/mol. The third-order valence-electron chi connectivity index (χ3n) is 7.64. The van der Waals surface area contributed by atoms with Gasteiger partial charge in [-0.15, -0.1) is 22.7 Å². The second-order valence-corrected chi connectivity index (χ2v) is 12.9. The van der Waals surface area contributed by atoms with E-state index in [1.54, 1.807) is 17.4 Å². The van der Waals surface area contributed by atoms with Crippen molar-refractivity contribution in [2.45, 2.75) is 0 Å². The van der Waals surface area contributed by atoms with Crippen molar-refractivity contribution in [3.05, 3.63) is 217 Å². The van der Waals surface area contributed by atoms with E-state index in [1.807, 2.05) is 103 Å². The summed E-state index contributed by atoms with van der Waals surface area (Å²) in [5.41, 5.74) is 14.3. The SMILES string of the molecule is O=C1C=C/C(=C(\c2ccccc2)c2ccc(C(=C=C=C(c3ccccc3)c3ccc(C(=O)c4ccccc4)s3)c3ccccc3)s2)N1. The second kappa shape index (κ2) is 13.7. The van der Waals surface area contributed by atoms with Crippen LogP contribution in [-0.2, 0) is 4.79 Å². The summed E-state index contributed by atoms with van der Waals surface area (Å²) < 4.78 is 0. The van der Waals surface area contributed by atoms with Crippen LogP contribution in [0.5, 0.6) is 0 Å². The Morgan fingerprint density at radius 1 is 0.468 bits per heavy atom. The first-order chi connectivity index (χ1) is 23.1. The fourth-order valence-corrected chi connectivity index (χ4v) is 7.48. The molecule has 0 bridgehead atoms. The van der Waals surface area contributed by atoms with Gasteiger partial charge in [0, 0.05) is 43.0 Å². The summed E-state index contributed by atoms with van der Waals surface area (Å²) in [6.07, 6.45) is 3.40. The van der Waals surface area contributed by atoms with Gasteiger partial charge in [-0.05, 0) is 47.0 Å². The summed E-state index contributed by atoms with van der Waals surface area (Å²) in [7, 11) is 0. The molecule has 0 fully saturated rings. The molecular weight excluding hydrogens is 615 g/mol. The van der Waals surface area contributed by atoms with Gasteiger partial charge in [0.1, 0.15) is 0 Å². The van der Waals surface area contributed by atoms with E-state index in [-0.39, 0.29) is 11.7 Å². The molecule has 0 spiro atoms. The number of hydrogen-bond donors (Lipinski definition) is 1. The molecule has 47 heavy (non-hydrogen) atoms. The van der Waals surface area contributed by atoms with Crippen molar-refractivity contribution in [1.82, 2.24) is 5.32 Å². The van der Waals surface area contributed by atoms with Gasteiger partial charge in [0.15, 0.2) is 0 Å². The number of carbonyl (C=O) groups excluding carboxylic acids is 2. The number of nitrogens with one attached hydrogen (secondary N) is 1. The number of thiophene rings is 2. The average Bonchev–Trinajstić information content (AvgIpc) is 3.91. The molecule has 224 valence electrons. The number of ketones is 1. The number of carbonyl (C=O) groups is 2. The highest BCUT2D eigenvalue weighted by Gasteiger charge is 2.19. The van der Waals surface area contributed by atoms with Gasteiger partial charge in [0.2, 0.25) is 11.7 Å². The first-order valence-corrected chi connectivity index (χ1v) is 16.7. The Morgan fingerprint density at radius 3 is 1.38 bits per heavy atom. The highest BCUT2D eigenvalue weighted by molar-refractivity contribution is 7.15. The van der Waals surface area contributed by atoms with E-state index in [2.05, 4.69) is 65.3 Å². The van der Waals surface area contributed by atoms with Crippen LogP contribution >= 0.6 is 22.7 Å². The van der Waals surface area contributed by atoms with Gasteiger partial charge in [-0.2, -0.15) is 0 Å². The predicted molar refractivity (Wildman–Crippen MR) is 193 cm³/mol. The molecule has 1 aliphatic rings. The van der Waals surface area contributed by atoms with Crippen LogP contribution in [0, 0.1) is 0 Å². The van der Waals surface area contributed by atoms with Crippen molar-refractivity contribution >= 4 is 51.1 Å². The highest BCUT2D eigenvalue weighted by atomic mass is 32.1. The molecule has 0 atom stereocenters. The zero-order chi connectivity index (χ0) is 32.0. The molecule has 0 saturated heterocycles. The van der Waals surface area contributed by atoms with Crippen LogP contribution in [0.25, 0.3) is 16.7 Å². The van der Waals surface area contributed by atoms with Crippen molar-refractivity contribution in [1.29, 1.82) is 0 Å². The molecule has 1 amide bonds. The van der Waals surface area contributed by atoms with E-state index in [1.165, 1.54) is 11.3 Å². The van der Waals surface area contributed by atoms with Crippen molar-refractivity contribution in [2.75, 3.05) is 0 Å².